The molecule has 0 aromatic carbocycles. The summed E-state index contributed by atoms with van der Waals surface area (Å²) < 4.78 is 0.679. The van der Waals surface area contributed by atoms with Gasteiger partial charge in [0.1, 0.15) is 9.53 Å². The number of hydrogen-bond donors (Lipinski definition) is 1. The maximum absolute atomic E-state index is 11.7. The first kappa shape index (κ1) is 9.30. The first-order valence-corrected chi connectivity index (χ1v) is 6.43. The molecule has 3 aromatic rings. The van der Waals surface area contributed by atoms with E-state index < -0.39 is 0 Å². The van der Waals surface area contributed by atoms with Crippen LogP contribution < -0.4 is 5.56 Å². The number of aromatic nitrogens is 3. The van der Waals surface area contributed by atoms with Gasteiger partial charge in [-0.2, -0.15) is 0 Å². The average molecular weight is 243 g/mol. The Labute approximate surface area is 100 Å². The predicted octanol–water partition coefficient (Wildman–Crippen LogP) is 2.02. The molecule has 4 rings (SSSR count). The summed E-state index contributed by atoms with van der Waals surface area (Å²) in [5.74, 6) is 0. The fourth-order valence-corrected chi connectivity index (χ4v) is 3.50. The van der Waals surface area contributed by atoms with E-state index in [0.717, 1.165) is 28.6 Å². The quantitative estimate of drug-likeness (QED) is 0.657. The van der Waals surface area contributed by atoms with E-state index in [2.05, 4.69) is 21.0 Å². The third-order valence-corrected chi connectivity index (χ3v) is 4.37. The van der Waals surface area contributed by atoms with Crippen molar-refractivity contribution in [3.8, 4) is 0 Å². The molecule has 0 amide bonds. The normalized spacial score (nSPS) is 14.6. The lowest BCUT2D eigenvalue weighted by Gasteiger charge is -1.97. The minimum atomic E-state index is -0.0711. The second-order valence-electron chi connectivity index (χ2n) is 4.31. The van der Waals surface area contributed by atoms with Gasteiger partial charge in [0.05, 0.1) is 11.8 Å². The largest absolute Gasteiger partial charge is 0.312 e. The van der Waals surface area contributed by atoms with Gasteiger partial charge in [0.15, 0.2) is 0 Å². The minimum absolute atomic E-state index is 0.0711. The molecule has 3 aromatic heterocycles. The summed E-state index contributed by atoms with van der Waals surface area (Å²) in [5.41, 5.74) is 3.23. The molecular formula is C12H9N3OS. The van der Waals surface area contributed by atoms with Crippen molar-refractivity contribution < 1.29 is 0 Å². The maximum Gasteiger partial charge on any atom is 0.268 e. The zero-order chi connectivity index (χ0) is 11.4. The van der Waals surface area contributed by atoms with E-state index in [1.54, 1.807) is 0 Å². The maximum atomic E-state index is 11.7. The van der Waals surface area contributed by atoms with E-state index in [1.165, 1.54) is 35.3 Å². The highest BCUT2D eigenvalue weighted by molar-refractivity contribution is 7.25. The van der Waals surface area contributed by atoms with Gasteiger partial charge >= 0.3 is 0 Å². The van der Waals surface area contributed by atoms with Crippen LogP contribution in [0.25, 0.3) is 20.4 Å². The van der Waals surface area contributed by atoms with Gasteiger partial charge in [-0.1, -0.05) is 0 Å². The second-order valence-corrected chi connectivity index (χ2v) is 5.31. The number of nitrogens with one attached hydrogen (secondary N) is 1. The Morgan fingerprint density at radius 3 is 3.24 bits per heavy atom. The van der Waals surface area contributed by atoms with Gasteiger partial charge in [-0.25, -0.2) is 9.97 Å². The van der Waals surface area contributed by atoms with Crippen molar-refractivity contribution in [1.29, 1.82) is 0 Å². The molecule has 0 fully saturated rings. The molecule has 0 radical (unpaired) electrons. The molecular weight excluding hydrogens is 234 g/mol. The molecule has 0 saturated carbocycles. The lowest BCUT2D eigenvalue weighted by molar-refractivity contribution is 0.901. The van der Waals surface area contributed by atoms with Gasteiger partial charge in [0.2, 0.25) is 0 Å². The summed E-state index contributed by atoms with van der Waals surface area (Å²) >= 11 is 1.44. The van der Waals surface area contributed by atoms with Crippen LogP contribution in [0.1, 0.15) is 17.7 Å². The van der Waals surface area contributed by atoms with Crippen LogP contribution in [0.2, 0.25) is 0 Å². The van der Waals surface area contributed by atoms with E-state index in [1.807, 2.05) is 0 Å². The summed E-state index contributed by atoms with van der Waals surface area (Å²) in [6, 6.07) is 2.16. The van der Waals surface area contributed by atoms with Gasteiger partial charge in [-0.05, 0) is 30.9 Å². The molecule has 5 heteroatoms. The summed E-state index contributed by atoms with van der Waals surface area (Å²) in [6.07, 6.45) is 4.80. The first-order valence-electron chi connectivity index (χ1n) is 5.61. The predicted molar refractivity (Wildman–Crippen MR) is 67.6 cm³/mol. The molecule has 17 heavy (non-hydrogen) atoms. The Kier molecular flexibility index (Phi) is 1.71. The number of fused-ring (bicyclic) bond motifs is 4. The molecule has 4 nitrogen and oxygen atoms in total. The highest BCUT2D eigenvalue weighted by Gasteiger charge is 2.17. The molecule has 0 spiro atoms. The SMILES string of the molecule is O=c1[nH]cnc2c1sc1nc3c(cc12)CCC3. The molecule has 0 saturated heterocycles. The van der Waals surface area contributed by atoms with Crippen LogP contribution in [0.4, 0.5) is 0 Å². The van der Waals surface area contributed by atoms with Gasteiger partial charge in [0.25, 0.3) is 5.56 Å². The topological polar surface area (TPSA) is 58.6 Å². The Balaban J connectivity index is 2.23. The Hall–Kier alpha value is -1.75. The van der Waals surface area contributed by atoms with Crippen molar-refractivity contribution in [3.63, 3.8) is 0 Å². The number of aromatic amines is 1. The highest BCUT2D eigenvalue weighted by atomic mass is 32.1. The van der Waals surface area contributed by atoms with Gasteiger partial charge in [-0.15, -0.1) is 11.3 Å². The van der Waals surface area contributed by atoms with Crippen molar-refractivity contribution in [3.05, 3.63) is 34.0 Å². The van der Waals surface area contributed by atoms with Crippen LogP contribution in [-0.2, 0) is 12.8 Å². The highest BCUT2D eigenvalue weighted by Crippen LogP contribution is 2.32. The van der Waals surface area contributed by atoms with Crippen molar-refractivity contribution in [2.75, 3.05) is 0 Å². The Morgan fingerprint density at radius 1 is 1.35 bits per heavy atom. The minimum Gasteiger partial charge on any atom is -0.312 e. The molecule has 0 aliphatic heterocycles. The molecule has 1 N–H and O–H groups in total. The van der Waals surface area contributed by atoms with Crippen molar-refractivity contribution >= 4 is 31.8 Å². The molecule has 0 bridgehead atoms. The Bertz CT molecular complexity index is 802. The molecule has 84 valence electrons. The summed E-state index contributed by atoms with van der Waals surface area (Å²) in [4.78, 5) is 24.2. The smallest absolute Gasteiger partial charge is 0.268 e. The fraction of sp³-hybridized carbons (Fsp3) is 0.250. The van der Waals surface area contributed by atoms with Crippen LogP contribution in [-0.4, -0.2) is 15.0 Å². The Morgan fingerprint density at radius 2 is 2.29 bits per heavy atom. The van der Waals surface area contributed by atoms with Gasteiger partial charge < -0.3 is 4.98 Å². The summed E-state index contributed by atoms with van der Waals surface area (Å²) in [6.45, 7) is 0. The summed E-state index contributed by atoms with van der Waals surface area (Å²) in [7, 11) is 0. The monoisotopic (exact) mass is 243 g/mol. The van der Waals surface area contributed by atoms with Crippen LogP contribution in [0.3, 0.4) is 0 Å². The molecule has 0 unspecified atom stereocenters. The number of hydrogen-bond acceptors (Lipinski definition) is 4. The van der Waals surface area contributed by atoms with Crippen LogP contribution >= 0.6 is 11.3 Å². The number of H-pyrrole nitrogens is 1. The van der Waals surface area contributed by atoms with Gasteiger partial charge in [-0.3, -0.25) is 4.79 Å². The number of rotatable bonds is 0. The number of aryl methyl sites for hydroxylation is 2. The van der Waals surface area contributed by atoms with E-state index in [4.69, 9.17) is 0 Å². The fourth-order valence-electron chi connectivity index (χ4n) is 2.47. The number of thiophene rings is 1. The molecule has 3 heterocycles. The summed E-state index contributed by atoms with van der Waals surface area (Å²) in [5, 5.41) is 1.02. The van der Waals surface area contributed by atoms with Crippen molar-refractivity contribution in [1.82, 2.24) is 15.0 Å². The standard InChI is InChI=1S/C12H9N3OS/c16-11-10-9(13-5-14-11)7-4-6-2-1-3-8(6)15-12(7)17-10/h4-5H,1-3H2,(H,13,14,16). The number of nitrogens with zero attached hydrogens (tertiary/aromatic N) is 2. The van der Waals surface area contributed by atoms with Crippen molar-refractivity contribution in [2.45, 2.75) is 19.3 Å². The molecule has 1 aliphatic rings. The second kappa shape index (κ2) is 3.13. The third kappa shape index (κ3) is 1.20. The lowest BCUT2D eigenvalue weighted by Crippen LogP contribution is -2.03. The zero-order valence-corrected chi connectivity index (χ0v) is 9.80. The number of pyridine rings is 1. The van der Waals surface area contributed by atoms with Crippen LogP contribution in [0, 0.1) is 0 Å². The van der Waals surface area contributed by atoms with E-state index >= 15 is 0 Å². The molecule has 0 atom stereocenters. The van der Waals surface area contributed by atoms with Crippen LogP contribution in [0.15, 0.2) is 17.2 Å². The zero-order valence-electron chi connectivity index (χ0n) is 8.99. The average Bonchev–Trinajstić information content (AvgIpc) is 2.90. The van der Waals surface area contributed by atoms with Crippen molar-refractivity contribution in [2.24, 2.45) is 0 Å². The lowest BCUT2D eigenvalue weighted by atomic mass is 10.2. The van der Waals surface area contributed by atoms with Crippen LogP contribution in [0.5, 0.6) is 0 Å². The third-order valence-electron chi connectivity index (χ3n) is 3.28. The molecule has 1 aliphatic carbocycles. The van der Waals surface area contributed by atoms with Gasteiger partial charge in [0, 0.05) is 11.1 Å². The van der Waals surface area contributed by atoms with E-state index in [0.29, 0.717) is 4.70 Å². The van der Waals surface area contributed by atoms with E-state index in [-0.39, 0.29) is 5.56 Å². The van der Waals surface area contributed by atoms with E-state index in [9.17, 15) is 4.79 Å². The first-order chi connectivity index (χ1) is 8.33.